The van der Waals surface area contributed by atoms with Crippen LogP contribution in [-0.2, 0) is 23.0 Å². The maximum Gasteiger partial charge on any atom is 0.478 e. The predicted octanol–water partition coefficient (Wildman–Crippen LogP) is -2.22. The molecule has 124 valence electrons. The van der Waals surface area contributed by atoms with Gasteiger partial charge >= 0.3 is 21.6 Å². The first-order chi connectivity index (χ1) is 9.28. The number of hydrogen-bond donors (Lipinski definition) is 8. The summed E-state index contributed by atoms with van der Waals surface area (Å²) in [5.41, 5.74) is 0. The minimum Gasteiger partial charge on any atom is -0.505 e. The third-order valence-corrected chi connectivity index (χ3v) is 3.39. The summed E-state index contributed by atoms with van der Waals surface area (Å²) in [7, 11) is -10.1. The first-order valence-electron chi connectivity index (χ1n) is 4.73. The van der Waals surface area contributed by atoms with Gasteiger partial charge in [0.25, 0.3) is 0 Å². The van der Waals surface area contributed by atoms with E-state index < -0.39 is 51.9 Å². The van der Waals surface area contributed by atoms with E-state index in [9.17, 15) is 13.9 Å². The van der Waals surface area contributed by atoms with E-state index in [0.29, 0.717) is 0 Å². The van der Waals surface area contributed by atoms with Crippen molar-refractivity contribution in [3.63, 3.8) is 0 Å². The van der Waals surface area contributed by atoms with E-state index in [0.717, 1.165) is 0 Å². The summed E-state index contributed by atoms with van der Waals surface area (Å²) in [6.45, 7) is -0.671. The van der Waals surface area contributed by atoms with Gasteiger partial charge in [0, 0.05) is 0 Å². The third kappa shape index (κ3) is 7.52. The lowest BCUT2D eigenvalue weighted by Crippen LogP contribution is -2.31. The number of carbonyl (C=O) groups is 1. The first kappa shape index (κ1) is 20.0. The number of hydrogen-bond acceptors (Lipinski definition) is 9. The first-order valence-corrected chi connectivity index (χ1v) is 7.79. The highest BCUT2D eigenvalue weighted by atomic mass is 31.3. The van der Waals surface area contributed by atoms with Crippen LogP contribution in [0.4, 0.5) is 0 Å². The van der Waals surface area contributed by atoms with Crippen LogP contribution in [0, 0.1) is 0 Å². The van der Waals surface area contributed by atoms with Crippen molar-refractivity contribution in [2.45, 2.75) is 12.2 Å². The molecule has 8 N–H and O–H groups in total. The average Bonchev–Trinajstić information content (AvgIpc) is 2.52. The Balaban J connectivity index is 0.000000400. The molecule has 0 saturated heterocycles. The normalized spacial score (nSPS) is 20.7. The molecule has 0 saturated carbocycles. The summed E-state index contributed by atoms with van der Waals surface area (Å²) in [6, 6.07) is 0. The zero-order valence-electron chi connectivity index (χ0n) is 9.88. The summed E-state index contributed by atoms with van der Waals surface area (Å²) >= 11 is 0. The standard InChI is InChI=1S/C6H8O6.H4O7P2/c7-1-2(8)5-3(9)4(10)6(11)12-5;1-8(2,3)7-9(4,5)6/h2,5,7-10H,1H2;(H2,1,2,3)(H2,4,5,6)/t2?,5-;/m1./s1. The van der Waals surface area contributed by atoms with Gasteiger partial charge in [0.1, 0.15) is 6.10 Å². The SMILES string of the molecule is O=C1O[C@H](C(O)CO)C(O)=C1O.O=P(O)(O)OP(=O)(O)O. The fourth-order valence-electron chi connectivity index (χ4n) is 0.961. The van der Waals surface area contributed by atoms with E-state index in [1.54, 1.807) is 0 Å². The molecule has 1 unspecified atom stereocenters. The van der Waals surface area contributed by atoms with Crippen molar-refractivity contribution in [1.29, 1.82) is 0 Å². The Morgan fingerprint density at radius 1 is 1.14 bits per heavy atom. The highest BCUT2D eigenvalue weighted by Crippen LogP contribution is 2.53. The van der Waals surface area contributed by atoms with Crippen molar-refractivity contribution in [2.75, 3.05) is 6.61 Å². The van der Waals surface area contributed by atoms with Crippen molar-refractivity contribution in [3.8, 4) is 0 Å². The summed E-state index contributed by atoms with van der Waals surface area (Å²) in [6.07, 6.45) is -2.78. The molecule has 13 nitrogen and oxygen atoms in total. The molecule has 15 heteroatoms. The lowest BCUT2D eigenvalue weighted by atomic mass is 10.2. The second-order valence-electron chi connectivity index (χ2n) is 3.37. The number of aliphatic hydroxyl groups is 4. The van der Waals surface area contributed by atoms with Gasteiger partial charge in [0.05, 0.1) is 6.61 Å². The smallest absolute Gasteiger partial charge is 0.478 e. The zero-order valence-corrected chi connectivity index (χ0v) is 11.7. The minimum atomic E-state index is -5.05. The maximum absolute atomic E-state index is 10.5. The molecule has 1 aliphatic rings. The van der Waals surface area contributed by atoms with E-state index in [1.165, 1.54) is 0 Å². The van der Waals surface area contributed by atoms with Crippen molar-refractivity contribution >= 4 is 21.6 Å². The fraction of sp³-hybridized carbons (Fsp3) is 0.500. The molecular weight excluding hydrogens is 342 g/mol. The third-order valence-electron chi connectivity index (χ3n) is 1.69. The van der Waals surface area contributed by atoms with Gasteiger partial charge in [0.15, 0.2) is 11.9 Å². The second kappa shape index (κ2) is 7.31. The number of esters is 1. The van der Waals surface area contributed by atoms with Gasteiger partial charge < -0.3 is 44.7 Å². The molecule has 0 aliphatic carbocycles. The Hall–Kier alpha value is -1.01. The van der Waals surface area contributed by atoms with E-state index in [4.69, 9.17) is 40.0 Å². The number of carbonyl (C=O) groups excluding carboxylic acids is 1. The Morgan fingerprint density at radius 2 is 1.57 bits per heavy atom. The van der Waals surface area contributed by atoms with Gasteiger partial charge in [-0.05, 0) is 0 Å². The van der Waals surface area contributed by atoms with Crippen LogP contribution < -0.4 is 0 Å². The predicted molar refractivity (Wildman–Crippen MR) is 60.4 cm³/mol. The molecule has 1 rings (SSSR count). The molecule has 0 radical (unpaired) electrons. The lowest BCUT2D eigenvalue weighted by molar-refractivity contribution is -0.147. The molecule has 0 aromatic carbocycles. The van der Waals surface area contributed by atoms with E-state index >= 15 is 0 Å². The van der Waals surface area contributed by atoms with Gasteiger partial charge in [-0.3, -0.25) is 0 Å². The average molecular weight is 354 g/mol. The molecule has 0 spiro atoms. The Bertz CT molecular complexity index is 479. The van der Waals surface area contributed by atoms with Crippen LogP contribution in [0.25, 0.3) is 0 Å². The number of aliphatic hydroxyl groups excluding tert-OH is 4. The Kier molecular flexibility index (Phi) is 6.96. The van der Waals surface area contributed by atoms with Crippen LogP contribution in [-0.4, -0.2) is 64.8 Å². The highest BCUT2D eigenvalue weighted by Gasteiger charge is 2.38. The second-order valence-corrected chi connectivity index (χ2v) is 5.99. The minimum absolute atomic E-state index is 0.671. The van der Waals surface area contributed by atoms with Gasteiger partial charge in [-0.15, -0.1) is 0 Å². The Labute approximate surface area is 116 Å². The summed E-state index contributed by atoms with van der Waals surface area (Å²) in [5, 5.41) is 35.0. The fourth-order valence-corrected chi connectivity index (χ4v) is 2.07. The van der Waals surface area contributed by atoms with Crippen molar-refractivity contribution < 1.29 is 63.0 Å². The molecule has 2 atom stereocenters. The van der Waals surface area contributed by atoms with Crippen molar-refractivity contribution in [1.82, 2.24) is 0 Å². The van der Waals surface area contributed by atoms with E-state index in [1.807, 2.05) is 0 Å². The van der Waals surface area contributed by atoms with Crippen LogP contribution in [0.15, 0.2) is 11.5 Å². The number of rotatable bonds is 4. The van der Waals surface area contributed by atoms with Crippen LogP contribution in [0.3, 0.4) is 0 Å². The van der Waals surface area contributed by atoms with Crippen LogP contribution in [0.1, 0.15) is 0 Å². The molecule has 1 aliphatic heterocycles. The highest BCUT2D eigenvalue weighted by molar-refractivity contribution is 7.60. The largest absolute Gasteiger partial charge is 0.505 e. The maximum atomic E-state index is 10.5. The van der Waals surface area contributed by atoms with Crippen LogP contribution in [0.5, 0.6) is 0 Å². The monoisotopic (exact) mass is 354 g/mol. The summed E-state index contributed by atoms with van der Waals surface area (Å²) < 4.78 is 26.5. The quantitative estimate of drug-likeness (QED) is 0.198. The van der Waals surface area contributed by atoms with Gasteiger partial charge in [-0.1, -0.05) is 0 Å². The van der Waals surface area contributed by atoms with Crippen LogP contribution in [0.2, 0.25) is 0 Å². The van der Waals surface area contributed by atoms with Gasteiger partial charge in [-0.2, -0.15) is 4.31 Å². The number of phosphoric acid groups is 2. The van der Waals surface area contributed by atoms with Gasteiger partial charge in [-0.25, -0.2) is 13.9 Å². The molecular formula is C6H12O13P2. The van der Waals surface area contributed by atoms with Gasteiger partial charge in [0.2, 0.25) is 5.76 Å². The molecule has 0 fully saturated rings. The molecule has 21 heavy (non-hydrogen) atoms. The number of ether oxygens (including phenoxy) is 1. The summed E-state index contributed by atoms with van der Waals surface area (Å²) in [4.78, 5) is 41.5. The molecule has 0 aromatic rings. The molecule has 0 aromatic heterocycles. The topological polar surface area (TPSA) is 232 Å². The van der Waals surface area contributed by atoms with E-state index in [2.05, 4.69) is 9.05 Å². The molecule has 0 bridgehead atoms. The number of cyclic esters (lactones) is 1. The zero-order chi connectivity index (χ0) is 17.0. The molecule has 1 heterocycles. The lowest BCUT2D eigenvalue weighted by Gasteiger charge is -2.13. The molecule has 0 amide bonds. The van der Waals surface area contributed by atoms with Crippen LogP contribution >= 0.6 is 15.6 Å². The summed E-state index contributed by atoms with van der Waals surface area (Å²) in [5.74, 6) is -2.78. The van der Waals surface area contributed by atoms with Crippen molar-refractivity contribution in [2.24, 2.45) is 0 Å². The Morgan fingerprint density at radius 3 is 1.76 bits per heavy atom. The van der Waals surface area contributed by atoms with E-state index in [-0.39, 0.29) is 0 Å². The van der Waals surface area contributed by atoms with Crippen molar-refractivity contribution in [3.05, 3.63) is 11.5 Å².